The summed E-state index contributed by atoms with van der Waals surface area (Å²) in [5.41, 5.74) is -0.949. The number of ether oxygens (including phenoxy) is 1. The highest BCUT2D eigenvalue weighted by molar-refractivity contribution is 5.90. The summed E-state index contributed by atoms with van der Waals surface area (Å²) in [5, 5.41) is 25.6. The number of carboxylic acid groups (broad SMARTS) is 3. The van der Waals surface area contributed by atoms with Crippen LogP contribution < -0.4 is 4.74 Å². The first kappa shape index (κ1) is 18.0. The molecule has 3 N–H and O–H groups in total. The number of hydrogen-bond donors (Lipinski definition) is 3. The maximum atomic E-state index is 10.8. The van der Waals surface area contributed by atoms with Crippen LogP contribution >= 0.6 is 0 Å². The van der Waals surface area contributed by atoms with Gasteiger partial charge in [0.05, 0.1) is 5.41 Å². The molecule has 122 valence electrons. The molecule has 0 bridgehead atoms. The van der Waals surface area contributed by atoms with E-state index < -0.39 is 23.5 Å². The van der Waals surface area contributed by atoms with Crippen molar-refractivity contribution in [3.63, 3.8) is 0 Å². The Bertz CT molecular complexity index is 646. The molecule has 0 heterocycles. The van der Waals surface area contributed by atoms with Crippen molar-refractivity contribution in [3.8, 4) is 5.75 Å². The van der Waals surface area contributed by atoms with Crippen molar-refractivity contribution < 1.29 is 34.4 Å². The van der Waals surface area contributed by atoms with Crippen molar-refractivity contribution in [2.45, 2.75) is 13.3 Å². The third-order valence-electron chi connectivity index (χ3n) is 3.03. The summed E-state index contributed by atoms with van der Waals surface area (Å²) in [6.07, 6.45) is 3.15. The summed E-state index contributed by atoms with van der Waals surface area (Å²) in [6.45, 7) is 1.50. The highest BCUT2D eigenvalue weighted by Crippen LogP contribution is 2.31. The first-order chi connectivity index (χ1) is 10.7. The molecule has 23 heavy (non-hydrogen) atoms. The van der Waals surface area contributed by atoms with E-state index in [2.05, 4.69) is 4.74 Å². The van der Waals surface area contributed by atoms with Crippen LogP contribution in [-0.2, 0) is 9.59 Å². The molecule has 0 saturated carbocycles. The van der Waals surface area contributed by atoms with E-state index in [0.717, 1.165) is 0 Å². The largest absolute Gasteiger partial charge is 0.511 e. The highest BCUT2D eigenvalue weighted by atomic mass is 16.7. The van der Waals surface area contributed by atoms with Gasteiger partial charge in [-0.1, -0.05) is 36.4 Å². The summed E-state index contributed by atoms with van der Waals surface area (Å²) in [4.78, 5) is 31.3. The van der Waals surface area contributed by atoms with Gasteiger partial charge in [-0.25, -0.2) is 9.59 Å². The Morgan fingerprint density at radius 2 is 1.70 bits per heavy atom. The van der Waals surface area contributed by atoms with Gasteiger partial charge >= 0.3 is 18.1 Å². The Morgan fingerprint density at radius 3 is 2.17 bits per heavy atom. The fraction of sp³-hybridized carbons (Fsp3) is 0.188. The predicted molar refractivity (Wildman–Crippen MR) is 80.3 cm³/mol. The molecule has 1 aromatic rings. The fourth-order valence-corrected chi connectivity index (χ4v) is 1.77. The lowest BCUT2D eigenvalue weighted by Crippen LogP contribution is -2.28. The number of benzene rings is 1. The monoisotopic (exact) mass is 320 g/mol. The second-order valence-corrected chi connectivity index (χ2v) is 4.94. The molecule has 7 heteroatoms. The van der Waals surface area contributed by atoms with Crippen LogP contribution in [0.4, 0.5) is 4.79 Å². The van der Waals surface area contributed by atoms with Gasteiger partial charge in [-0.15, -0.1) is 0 Å². The van der Waals surface area contributed by atoms with Crippen LogP contribution in [0.15, 0.2) is 54.1 Å². The quantitative estimate of drug-likeness (QED) is 0.578. The zero-order valence-electron chi connectivity index (χ0n) is 12.3. The summed E-state index contributed by atoms with van der Waals surface area (Å²) in [5.74, 6) is -1.72. The predicted octanol–water partition coefficient (Wildman–Crippen LogP) is 2.79. The van der Waals surface area contributed by atoms with Gasteiger partial charge in [0.15, 0.2) is 0 Å². The number of aliphatic carboxylic acids is 2. The topological polar surface area (TPSA) is 121 Å². The molecule has 0 spiro atoms. The molecule has 1 aliphatic rings. The number of carboxylic acids is 2. The SMILES string of the molecule is CC1(C(=O)O)C=CC=C(C(=O)O)C1.O=C(O)Oc1ccccc1. The normalized spacial score (nSPS) is 18.9. The molecular weight excluding hydrogens is 304 g/mol. The van der Waals surface area contributed by atoms with E-state index >= 15 is 0 Å². The van der Waals surface area contributed by atoms with Gasteiger partial charge < -0.3 is 20.1 Å². The second-order valence-electron chi connectivity index (χ2n) is 4.94. The molecule has 0 aromatic heterocycles. The minimum atomic E-state index is -1.29. The standard InChI is InChI=1S/C9H10O4.C7H6O3/c1-9(8(12)13)4-2-3-6(5-9)7(10)11;8-7(9)10-6-4-2-1-3-5-6/h2-4H,5H2,1H3,(H,10,11)(H,12,13);1-5H,(H,8,9). The third-order valence-corrected chi connectivity index (χ3v) is 3.03. The smallest absolute Gasteiger partial charge is 0.481 e. The molecule has 1 atom stereocenters. The summed E-state index contributed by atoms with van der Waals surface area (Å²) in [7, 11) is 0. The number of carbonyl (C=O) groups is 3. The average molecular weight is 320 g/mol. The number of hydrogen-bond acceptors (Lipinski definition) is 4. The van der Waals surface area contributed by atoms with E-state index in [1.54, 1.807) is 30.3 Å². The van der Waals surface area contributed by atoms with Gasteiger partial charge in [-0.2, -0.15) is 0 Å². The highest BCUT2D eigenvalue weighted by Gasteiger charge is 2.34. The van der Waals surface area contributed by atoms with E-state index in [4.69, 9.17) is 15.3 Å². The summed E-state index contributed by atoms with van der Waals surface area (Å²) >= 11 is 0. The van der Waals surface area contributed by atoms with Crippen LogP contribution in [0.25, 0.3) is 0 Å². The van der Waals surface area contributed by atoms with Crippen molar-refractivity contribution in [1.82, 2.24) is 0 Å². The molecule has 0 fully saturated rings. The van der Waals surface area contributed by atoms with Crippen molar-refractivity contribution in [1.29, 1.82) is 0 Å². The van der Waals surface area contributed by atoms with Crippen LogP contribution in [0, 0.1) is 5.41 Å². The average Bonchev–Trinajstić information content (AvgIpc) is 2.48. The van der Waals surface area contributed by atoms with E-state index in [-0.39, 0.29) is 12.0 Å². The van der Waals surface area contributed by atoms with E-state index in [1.807, 2.05) is 0 Å². The molecule has 1 unspecified atom stereocenters. The zero-order chi connectivity index (χ0) is 17.5. The maximum Gasteiger partial charge on any atom is 0.511 e. The molecule has 0 radical (unpaired) electrons. The molecule has 1 aliphatic carbocycles. The summed E-state index contributed by atoms with van der Waals surface area (Å²) in [6, 6.07) is 8.35. The molecule has 7 nitrogen and oxygen atoms in total. The zero-order valence-corrected chi connectivity index (χ0v) is 12.3. The minimum absolute atomic E-state index is 0.0359. The van der Waals surface area contributed by atoms with Gasteiger partial charge in [-0.3, -0.25) is 4.79 Å². The van der Waals surface area contributed by atoms with Crippen molar-refractivity contribution in [3.05, 3.63) is 54.1 Å². The Kier molecular flexibility index (Phi) is 6.08. The first-order valence-electron chi connectivity index (χ1n) is 6.55. The number of para-hydroxylation sites is 1. The van der Waals surface area contributed by atoms with Gasteiger partial charge in [0.25, 0.3) is 0 Å². The van der Waals surface area contributed by atoms with Crippen LogP contribution in [0.2, 0.25) is 0 Å². The Labute approximate surface area is 132 Å². The fourth-order valence-electron chi connectivity index (χ4n) is 1.77. The lowest BCUT2D eigenvalue weighted by molar-refractivity contribution is -0.145. The van der Waals surface area contributed by atoms with E-state index in [0.29, 0.717) is 5.75 Å². The Morgan fingerprint density at radius 1 is 1.09 bits per heavy atom. The molecular formula is C16H16O7. The molecule has 1 aromatic carbocycles. The molecule has 2 rings (SSSR count). The van der Waals surface area contributed by atoms with Crippen molar-refractivity contribution in [2.75, 3.05) is 0 Å². The van der Waals surface area contributed by atoms with Crippen LogP contribution in [0.1, 0.15) is 13.3 Å². The van der Waals surface area contributed by atoms with Crippen LogP contribution in [0.3, 0.4) is 0 Å². The Balaban J connectivity index is 0.000000238. The third kappa shape index (κ3) is 5.66. The van der Waals surface area contributed by atoms with Crippen molar-refractivity contribution >= 4 is 18.1 Å². The molecule has 0 aliphatic heterocycles. The van der Waals surface area contributed by atoms with Gasteiger partial charge in [0.2, 0.25) is 0 Å². The van der Waals surface area contributed by atoms with Crippen LogP contribution in [-0.4, -0.2) is 33.4 Å². The Hall–Kier alpha value is -3.09. The van der Waals surface area contributed by atoms with Crippen molar-refractivity contribution in [2.24, 2.45) is 5.41 Å². The molecule has 0 saturated heterocycles. The van der Waals surface area contributed by atoms with Crippen LogP contribution in [0.5, 0.6) is 5.75 Å². The lowest BCUT2D eigenvalue weighted by Gasteiger charge is -2.23. The van der Waals surface area contributed by atoms with Gasteiger partial charge in [0, 0.05) is 5.57 Å². The number of allylic oxidation sites excluding steroid dienone is 2. The minimum Gasteiger partial charge on any atom is -0.481 e. The van der Waals surface area contributed by atoms with E-state index in [1.165, 1.54) is 25.2 Å². The second kappa shape index (κ2) is 7.79. The lowest BCUT2D eigenvalue weighted by atomic mass is 9.80. The van der Waals surface area contributed by atoms with Gasteiger partial charge in [0.1, 0.15) is 5.75 Å². The molecule has 0 amide bonds. The number of rotatable bonds is 3. The van der Waals surface area contributed by atoms with E-state index in [9.17, 15) is 14.4 Å². The maximum absolute atomic E-state index is 10.8. The first-order valence-corrected chi connectivity index (χ1v) is 6.55. The van der Waals surface area contributed by atoms with Gasteiger partial charge in [-0.05, 0) is 25.5 Å². The summed E-state index contributed by atoms with van der Waals surface area (Å²) < 4.78 is 4.33.